The van der Waals surface area contributed by atoms with Crippen molar-refractivity contribution < 1.29 is 44.3 Å². The van der Waals surface area contributed by atoms with Crippen LogP contribution in [-0.4, -0.2) is 11.8 Å². The number of hydrogen-bond acceptors (Lipinski definition) is 3. The molecule has 1 rings (SSSR count). The Bertz CT molecular complexity index is 321. The molecule has 0 amide bonds. The van der Waals surface area contributed by atoms with Crippen LogP contribution in [0.3, 0.4) is 0 Å². The number of aliphatic carboxylic acids is 1. The molecule has 0 aliphatic rings. The summed E-state index contributed by atoms with van der Waals surface area (Å²) >= 11 is 0. The summed E-state index contributed by atoms with van der Waals surface area (Å²) in [5.41, 5.74) is 0.830. The van der Waals surface area contributed by atoms with E-state index in [2.05, 4.69) is 0 Å². The Balaban J connectivity index is 0.00000196. The second-order valence-electron chi connectivity index (χ2n) is 3.17. The van der Waals surface area contributed by atoms with Crippen LogP contribution in [0.1, 0.15) is 12.5 Å². The topological polar surface area (TPSA) is 57.2 Å². The Morgan fingerprint density at radius 2 is 1.80 bits per heavy atom. The molecule has 0 N–H and O–H groups in total. The zero-order chi connectivity index (χ0) is 10.6. The number of benzene rings is 1. The van der Waals surface area contributed by atoms with E-state index in [1.807, 2.05) is 18.2 Å². The largest absolute Gasteiger partial charge is 1.00 e. The second-order valence-corrected chi connectivity index (χ2v) is 3.17. The molecule has 3 nitrogen and oxygen atoms in total. The molecule has 1 atom stereocenters. The van der Waals surface area contributed by atoms with Crippen molar-refractivity contribution in [2.75, 3.05) is 0 Å². The molecular weight excluding hydrogens is 203 g/mol. The van der Waals surface area contributed by atoms with Gasteiger partial charge in [-0.3, -0.25) is 4.79 Å². The minimum atomic E-state index is -1.30. The van der Waals surface area contributed by atoms with Gasteiger partial charge in [-0.2, -0.15) is 0 Å². The fraction of sp³-hybridized carbons (Fsp3) is 0.273. The van der Waals surface area contributed by atoms with Gasteiger partial charge in [0, 0.05) is 0 Å². The fourth-order valence-electron chi connectivity index (χ4n) is 1.24. The van der Waals surface area contributed by atoms with Crippen LogP contribution in [0, 0.1) is 5.92 Å². The molecule has 0 saturated heterocycles. The molecule has 0 saturated carbocycles. The molecule has 0 aromatic heterocycles. The van der Waals surface area contributed by atoms with E-state index in [4.69, 9.17) is 0 Å². The van der Waals surface area contributed by atoms with Gasteiger partial charge in [-0.25, -0.2) is 0 Å². The molecule has 0 radical (unpaired) electrons. The number of rotatable bonds is 4. The van der Waals surface area contributed by atoms with Crippen molar-refractivity contribution in [3.8, 4) is 0 Å². The summed E-state index contributed by atoms with van der Waals surface area (Å²) in [6.45, 7) is 1.27. The molecule has 0 fully saturated rings. The average Bonchev–Trinajstić information content (AvgIpc) is 2.15. The standard InChI is InChI=1S/C11H12O3.Na/c1-8(12)10(11(13)14)7-9-5-3-2-4-6-9;/h2-6,10H,7H2,1H3,(H,13,14);/q;+1/p-1. The van der Waals surface area contributed by atoms with Gasteiger partial charge in [0.15, 0.2) is 0 Å². The van der Waals surface area contributed by atoms with Gasteiger partial charge in [0.05, 0.1) is 11.9 Å². The van der Waals surface area contributed by atoms with Crippen LogP contribution >= 0.6 is 0 Å². The maximum atomic E-state index is 11.0. The van der Waals surface area contributed by atoms with E-state index >= 15 is 0 Å². The van der Waals surface area contributed by atoms with E-state index in [-0.39, 0.29) is 41.8 Å². The Hall–Kier alpha value is -0.640. The van der Waals surface area contributed by atoms with Crippen LogP contribution in [0.15, 0.2) is 30.3 Å². The van der Waals surface area contributed by atoms with Crippen molar-refractivity contribution >= 4 is 11.8 Å². The van der Waals surface area contributed by atoms with E-state index < -0.39 is 11.9 Å². The molecule has 1 aromatic carbocycles. The van der Waals surface area contributed by atoms with E-state index in [1.54, 1.807) is 12.1 Å². The van der Waals surface area contributed by atoms with Gasteiger partial charge in [-0.1, -0.05) is 30.3 Å². The van der Waals surface area contributed by atoms with E-state index in [0.29, 0.717) is 0 Å². The summed E-state index contributed by atoms with van der Waals surface area (Å²) in [6, 6.07) is 9.03. The molecule has 1 unspecified atom stereocenters. The number of hydrogen-bond donors (Lipinski definition) is 0. The maximum absolute atomic E-state index is 11.0. The third kappa shape index (κ3) is 4.60. The van der Waals surface area contributed by atoms with Crippen LogP contribution in [0.25, 0.3) is 0 Å². The number of Topliss-reactive ketones (excluding diaryl/α,β-unsaturated/α-hetero) is 1. The molecule has 1 aromatic rings. The van der Waals surface area contributed by atoms with Gasteiger partial charge in [0.2, 0.25) is 0 Å². The molecule has 0 bridgehead atoms. The Morgan fingerprint density at radius 1 is 1.27 bits per heavy atom. The van der Waals surface area contributed by atoms with Crippen molar-refractivity contribution in [1.29, 1.82) is 0 Å². The average molecular weight is 214 g/mol. The van der Waals surface area contributed by atoms with Gasteiger partial charge < -0.3 is 9.90 Å². The summed E-state index contributed by atoms with van der Waals surface area (Å²) in [4.78, 5) is 21.6. The number of carboxylic acid groups (broad SMARTS) is 1. The van der Waals surface area contributed by atoms with Crippen molar-refractivity contribution in [3.05, 3.63) is 35.9 Å². The molecule has 0 aliphatic carbocycles. The Morgan fingerprint density at radius 3 is 2.20 bits per heavy atom. The predicted molar refractivity (Wildman–Crippen MR) is 49.3 cm³/mol. The number of carboxylic acids is 1. The molecule has 0 heterocycles. The molecular formula is C11H11NaO3. The Labute approximate surface area is 111 Å². The molecule has 0 aliphatic heterocycles. The summed E-state index contributed by atoms with van der Waals surface area (Å²) < 4.78 is 0. The first kappa shape index (κ1) is 14.4. The van der Waals surface area contributed by atoms with Crippen LogP contribution < -0.4 is 34.7 Å². The van der Waals surface area contributed by atoms with Crippen LogP contribution in [0.5, 0.6) is 0 Å². The number of ketones is 1. The van der Waals surface area contributed by atoms with E-state index in [1.165, 1.54) is 6.92 Å². The van der Waals surface area contributed by atoms with Gasteiger partial charge in [0.25, 0.3) is 0 Å². The smallest absolute Gasteiger partial charge is 0.549 e. The summed E-state index contributed by atoms with van der Waals surface area (Å²) in [5, 5.41) is 10.6. The van der Waals surface area contributed by atoms with Crippen LogP contribution in [0.4, 0.5) is 0 Å². The summed E-state index contributed by atoms with van der Waals surface area (Å²) in [7, 11) is 0. The van der Waals surface area contributed by atoms with Crippen molar-refractivity contribution in [1.82, 2.24) is 0 Å². The molecule has 15 heavy (non-hydrogen) atoms. The predicted octanol–water partition coefficient (Wildman–Crippen LogP) is -2.81. The first-order valence-corrected chi connectivity index (χ1v) is 4.36. The zero-order valence-corrected chi connectivity index (χ0v) is 10.9. The molecule has 4 heteroatoms. The molecule has 0 spiro atoms. The normalized spacial score (nSPS) is 11.3. The summed E-state index contributed by atoms with van der Waals surface area (Å²) in [5.74, 6) is -2.70. The van der Waals surface area contributed by atoms with Gasteiger partial charge in [-0.15, -0.1) is 0 Å². The van der Waals surface area contributed by atoms with E-state index in [9.17, 15) is 14.7 Å². The third-order valence-electron chi connectivity index (χ3n) is 2.06. The van der Waals surface area contributed by atoms with Crippen LogP contribution in [0.2, 0.25) is 0 Å². The monoisotopic (exact) mass is 214 g/mol. The van der Waals surface area contributed by atoms with Crippen molar-refractivity contribution in [2.24, 2.45) is 5.92 Å². The first-order valence-electron chi connectivity index (χ1n) is 4.36. The summed E-state index contributed by atoms with van der Waals surface area (Å²) in [6.07, 6.45) is 0.207. The minimum absolute atomic E-state index is 0. The SMILES string of the molecule is CC(=O)C(Cc1ccccc1)C(=O)[O-].[Na+]. The number of carbonyl (C=O) groups is 2. The quantitative estimate of drug-likeness (QED) is 0.401. The van der Waals surface area contributed by atoms with E-state index in [0.717, 1.165) is 5.56 Å². The Kier molecular flexibility index (Phi) is 6.48. The van der Waals surface area contributed by atoms with Crippen molar-refractivity contribution in [3.63, 3.8) is 0 Å². The van der Waals surface area contributed by atoms with Crippen molar-refractivity contribution in [2.45, 2.75) is 13.3 Å². The third-order valence-corrected chi connectivity index (χ3v) is 2.06. The van der Waals surface area contributed by atoms with Gasteiger partial charge >= 0.3 is 29.6 Å². The van der Waals surface area contributed by atoms with Gasteiger partial charge in [0.1, 0.15) is 5.78 Å². The first-order chi connectivity index (χ1) is 6.61. The zero-order valence-electron chi connectivity index (χ0n) is 8.90. The maximum Gasteiger partial charge on any atom is 1.00 e. The second kappa shape index (κ2) is 6.77. The number of carbonyl (C=O) groups excluding carboxylic acids is 2. The fourth-order valence-corrected chi connectivity index (χ4v) is 1.24. The minimum Gasteiger partial charge on any atom is -0.549 e. The van der Waals surface area contributed by atoms with Gasteiger partial charge in [-0.05, 0) is 18.9 Å². The molecule has 74 valence electrons. The van der Waals surface area contributed by atoms with Crippen LogP contribution in [-0.2, 0) is 16.0 Å².